The molecule has 1 nitrogen and oxygen atoms in total. The molecule has 0 radical (unpaired) electrons. The van der Waals surface area contributed by atoms with E-state index in [1.54, 1.807) is 0 Å². The minimum absolute atomic E-state index is 0.583. The third-order valence-electron chi connectivity index (χ3n) is 4.42. The van der Waals surface area contributed by atoms with Crippen LogP contribution < -0.4 is 0 Å². The van der Waals surface area contributed by atoms with Gasteiger partial charge < -0.3 is 4.74 Å². The number of ether oxygens (including phenoxy) is 1. The summed E-state index contributed by atoms with van der Waals surface area (Å²) in [6, 6.07) is 0. The van der Waals surface area contributed by atoms with Crippen LogP contribution in [0, 0.1) is 17.3 Å². The second kappa shape index (κ2) is 3.52. The SMILES string of the molecule is CC(C)C1(C(C)C)CC(OC2CC2)C1. The molecule has 2 saturated carbocycles. The molecule has 0 amide bonds. The molecule has 0 bridgehead atoms. The molecule has 0 aliphatic heterocycles. The van der Waals surface area contributed by atoms with Gasteiger partial charge in [0.2, 0.25) is 0 Å². The van der Waals surface area contributed by atoms with E-state index in [2.05, 4.69) is 27.7 Å². The molecule has 2 aliphatic rings. The van der Waals surface area contributed by atoms with E-state index in [0.717, 1.165) is 11.8 Å². The minimum Gasteiger partial charge on any atom is -0.375 e. The fourth-order valence-corrected chi connectivity index (χ4v) is 2.97. The average molecular weight is 196 g/mol. The van der Waals surface area contributed by atoms with Crippen molar-refractivity contribution in [2.24, 2.45) is 17.3 Å². The van der Waals surface area contributed by atoms with Crippen LogP contribution in [0.5, 0.6) is 0 Å². The normalized spacial score (nSPS) is 27.0. The summed E-state index contributed by atoms with van der Waals surface area (Å²) in [5.74, 6) is 1.61. The van der Waals surface area contributed by atoms with E-state index >= 15 is 0 Å². The van der Waals surface area contributed by atoms with Gasteiger partial charge in [0.1, 0.15) is 0 Å². The molecular weight excluding hydrogens is 172 g/mol. The molecule has 0 aromatic rings. The molecule has 0 atom stereocenters. The van der Waals surface area contributed by atoms with E-state index in [4.69, 9.17) is 4.74 Å². The van der Waals surface area contributed by atoms with Crippen molar-refractivity contribution in [3.63, 3.8) is 0 Å². The van der Waals surface area contributed by atoms with Gasteiger partial charge in [-0.15, -0.1) is 0 Å². The first-order valence-corrected chi connectivity index (χ1v) is 6.20. The summed E-state index contributed by atoms with van der Waals surface area (Å²) >= 11 is 0. The van der Waals surface area contributed by atoms with Gasteiger partial charge in [-0.2, -0.15) is 0 Å². The fourth-order valence-electron chi connectivity index (χ4n) is 2.97. The first-order valence-electron chi connectivity index (χ1n) is 6.20. The van der Waals surface area contributed by atoms with E-state index in [-0.39, 0.29) is 0 Å². The Kier molecular flexibility index (Phi) is 2.63. The Hall–Kier alpha value is -0.0400. The lowest BCUT2D eigenvalue weighted by Gasteiger charge is -2.53. The Bertz CT molecular complexity index is 187. The van der Waals surface area contributed by atoms with E-state index < -0.39 is 0 Å². The van der Waals surface area contributed by atoms with E-state index in [1.165, 1.54) is 25.7 Å². The van der Waals surface area contributed by atoms with Crippen LogP contribution in [-0.4, -0.2) is 12.2 Å². The molecule has 0 aromatic heterocycles. The molecule has 2 fully saturated rings. The van der Waals surface area contributed by atoms with Crippen molar-refractivity contribution in [1.29, 1.82) is 0 Å². The van der Waals surface area contributed by atoms with E-state index in [0.29, 0.717) is 17.6 Å². The highest BCUT2D eigenvalue weighted by Crippen LogP contribution is 2.54. The zero-order valence-corrected chi connectivity index (χ0v) is 10.0. The summed E-state index contributed by atoms with van der Waals surface area (Å²) in [5.41, 5.74) is 0.583. The summed E-state index contributed by atoms with van der Waals surface area (Å²) in [4.78, 5) is 0. The average Bonchev–Trinajstić information content (AvgIpc) is 2.76. The van der Waals surface area contributed by atoms with Gasteiger partial charge in [0.15, 0.2) is 0 Å². The zero-order valence-electron chi connectivity index (χ0n) is 10.0. The summed E-state index contributed by atoms with van der Waals surface area (Å²) < 4.78 is 5.95. The standard InChI is InChI=1S/C13H24O/c1-9(2)13(10(3)4)7-12(8-13)14-11-5-6-11/h9-12H,5-8H2,1-4H3. The fraction of sp³-hybridized carbons (Fsp3) is 1.00. The molecule has 1 heteroatoms. The summed E-state index contributed by atoms with van der Waals surface area (Å²) in [5, 5.41) is 0. The number of hydrogen-bond acceptors (Lipinski definition) is 1. The smallest absolute Gasteiger partial charge is 0.0589 e. The first-order chi connectivity index (χ1) is 6.54. The maximum absolute atomic E-state index is 5.95. The Morgan fingerprint density at radius 2 is 1.43 bits per heavy atom. The predicted molar refractivity (Wildman–Crippen MR) is 59.2 cm³/mol. The van der Waals surface area contributed by atoms with E-state index in [9.17, 15) is 0 Å². The Morgan fingerprint density at radius 3 is 1.79 bits per heavy atom. The minimum atomic E-state index is 0.583. The summed E-state index contributed by atoms with van der Waals surface area (Å²) in [6.45, 7) is 9.47. The maximum Gasteiger partial charge on any atom is 0.0589 e. The second-order valence-electron chi connectivity index (χ2n) is 5.91. The molecule has 0 N–H and O–H groups in total. The van der Waals surface area contributed by atoms with Crippen molar-refractivity contribution in [2.75, 3.05) is 0 Å². The van der Waals surface area contributed by atoms with Gasteiger partial charge >= 0.3 is 0 Å². The molecule has 2 rings (SSSR count). The Labute approximate surface area is 88.2 Å². The molecule has 0 aromatic carbocycles. The van der Waals surface area contributed by atoms with Crippen molar-refractivity contribution in [1.82, 2.24) is 0 Å². The Morgan fingerprint density at radius 1 is 0.929 bits per heavy atom. The summed E-state index contributed by atoms with van der Waals surface area (Å²) in [7, 11) is 0. The summed E-state index contributed by atoms with van der Waals surface area (Å²) in [6.07, 6.45) is 6.46. The largest absolute Gasteiger partial charge is 0.375 e. The van der Waals surface area contributed by atoms with Crippen molar-refractivity contribution in [3.05, 3.63) is 0 Å². The van der Waals surface area contributed by atoms with Crippen LogP contribution in [0.2, 0.25) is 0 Å². The van der Waals surface area contributed by atoms with Crippen molar-refractivity contribution in [2.45, 2.75) is 65.6 Å². The van der Waals surface area contributed by atoms with Crippen LogP contribution in [0.1, 0.15) is 53.4 Å². The van der Waals surface area contributed by atoms with Gasteiger partial charge in [-0.3, -0.25) is 0 Å². The number of rotatable bonds is 4. The van der Waals surface area contributed by atoms with Gasteiger partial charge in [0, 0.05) is 0 Å². The molecule has 0 spiro atoms. The zero-order chi connectivity index (χ0) is 10.3. The molecule has 2 aliphatic carbocycles. The lowest BCUT2D eigenvalue weighted by atomic mass is 9.55. The van der Waals surface area contributed by atoms with E-state index in [1.807, 2.05) is 0 Å². The highest BCUT2D eigenvalue weighted by Gasteiger charge is 2.50. The van der Waals surface area contributed by atoms with Crippen LogP contribution in [-0.2, 0) is 4.74 Å². The van der Waals surface area contributed by atoms with Crippen LogP contribution >= 0.6 is 0 Å². The highest BCUT2D eigenvalue weighted by atomic mass is 16.5. The molecule has 14 heavy (non-hydrogen) atoms. The van der Waals surface area contributed by atoms with Crippen LogP contribution in [0.4, 0.5) is 0 Å². The monoisotopic (exact) mass is 196 g/mol. The van der Waals surface area contributed by atoms with Crippen molar-refractivity contribution >= 4 is 0 Å². The van der Waals surface area contributed by atoms with Gasteiger partial charge in [0.05, 0.1) is 12.2 Å². The van der Waals surface area contributed by atoms with Crippen LogP contribution in [0.15, 0.2) is 0 Å². The van der Waals surface area contributed by atoms with Gasteiger partial charge in [-0.25, -0.2) is 0 Å². The van der Waals surface area contributed by atoms with Crippen molar-refractivity contribution < 1.29 is 4.74 Å². The topological polar surface area (TPSA) is 9.23 Å². The Balaban J connectivity index is 1.85. The molecule has 0 unspecified atom stereocenters. The van der Waals surface area contributed by atoms with Gasteiger partial charge in [0.25, 0.3) is 0 Å². The maximum atomic E-state index is 5.95. The van der Waals surface area contributed by atoms with Crippen LogP contribution in [0.3, 0.4) is 0 Å². The lowest BCUT2D eigenvalue weighted by molar-refractivity contribution is -0.130. The highest BCUT2D eigenvalue weighted by molar-refractivity contribution is 4.99. The number of hydrogen-bond donors (Lipinski definition) is 0. The quantitative estimate of drug-likeness (QED) is 0.667. The van der Waals surface area contributed by atoms with Gasteiger partial charge in [-0.05, 0) is 42.9 Å². The molecular formula is C13H24O. The molecule has 82 valence electrons. The molecule has 0 heterocycles. The third kappa shape index (κ3) is 1.71. The second-order valence-corrected chi connectivity index (χ2v) is 5.91. The first kappa shape index (κ1) is 10.5. The predicted octanol–water partition coefficient (Wildman–Crippen LogP) is 3.63. The van der Waals surface area contributed by atoms with Crippen LogP contribution in [0.25, 0.3) is 0 Å². The van der Waals surface area contributed by atoms with Gasteiger partial charge in [-0.1, -0.05) is 27.7 Å². The third-order valence-corrected chi connectivity index (χ3v) is 4.42. The molecule has 0 saturated heterocycles. The van der Waals surface area contributed by atoms with Crippen molar-refractivity contribution in [3.8, 4) is 0 Å². The lowest BCUT2D eigenvalue weighted by Crippen LogP contribution is -2.49.